The lowest BCUT2D eigenvalue weighted by Crippen LogP contribution is -2.44. The highest BCUT2D eigenvalue weighted by atomic mass is 19.4. The summed E-state index contributed by atoms with van der Waals surface area (Å²) in [5.41, 5.74) is 1.45. The number of aryl methyl sites for hydroxylation is 1. The monoisotopic (exact) mass is 386 g/mol. The van der Waals surface area contributed by atoms with Crippen LogP contribution >= 0.6 is 0 Å². The molecule has 150 valence electrons. The van der Waals surface area contributed by atoms with Crippen molar-refractivity contribution >= 4 is 12.0 Å². The van der Waals surface area contributed by atoms with Gasteiger partial charge in [-0.05, 0) is 17.9 Å². The highest BCUT2D eigenvalue weighted by Crippen LogP contribution is 2.38. The maximum absolute atomic E-state index is 13.1. The van der Waals surface area contributed by atoms with E-state index in [9.17, 15) is 22.8 Å². The van der Waals surface area contributed by atoms with Crippen LogP contribution in [0.1, 0.15) is 37.9 Å². The number of carboxylic acid groups (broad SMARTS) is 1. The van der Waals surface area contributed by atoms with Crippen molar-refractivity contribution in [1.82, 2.24) is 10.2 Å². The van der Waals surface area contributed by atoms with Gasteiger partial charge in [0.2, 0.25) is 0 Å². The third-order valence-corrected chi connectivity index (χ3v) is 4.85. The fraction of sp³-hybridized carbons (Fsp3) is 0.579. The van der Waals surface area contributed by atoms with Crippen molar-refractivity contribution in [2.24, 2.45) is 17.3 Å². The number of amides is 2. The van der Waals surface area contributed by atoms with Crippen molar-refractivity contribution in [3.8, 4) is 0 Å². The SMILES string of the molecule is Cc1cccc(C(NC(=O)N2C[C@@H](C(F)(F)F)[C@H](C(=O)O)C2)C(C)(C)C)c1. The molecule has 1 aliphatic heterocycles. The van der Waals surface area contributed by atoms with Gasteiger partial charge in [0.25, 0.3) is 0 Å². The fourth-order valence-electron chi connectivity index (χ4n) is 3.42. The summed E-state index contributed by atoms with van der Waals surface area (Å²) in [7, 11) is 0. The molecular weight excluding hydrogens is 361 g/mol. The predicted molar refractivity (Wildman–Crippen MR) is 94.2 cm³/mol. The number of urea groups is 1. The molecule has 2 rings (SSSR count). The molecular formula is C19H25F3N2O3. The Morgan fingerprint density at radius 1 is 1.22 bits per heavy atom. The van der Waals surface area contributed by atoms with E-state index in [1.807, 2.05) is 52.0 Å². The van der Waals surface area contributed by atoms with E-state index in [1.165, 1.54) is 0 Å². The third-order valence-electron chi connectivity index (χ3n) is 4.85. The average Bonchev–Trinajstić information content (AvgIpc) is 2.97. The van der Waals surface area contributed by atoms with E-state index >= 15 is 0 Å². The number of likely N-dealkylation sites (tertiary alicyclic amines) is 1. The second-order valence-corrected chi connectivity index (χ2v) is 8.16. The Morgan fingerprint density at radius 3 is 2.30 bits per heavy atom. The molecule has 1 saturated heterocycles. The van der Waals surface area contributed by atoms with E-state index in [4.69, 9.17) is 5.11 Å². The van der Waals surface area contributed by atoms with Crippen LogP contribution in [0.25, 0.3) is 0 Å². The first-order valence-electron chi connectivity index (χ1n) is 8.72. The molecule has 1 fully saturated rings. The normalized spacial score (nSPS) is 21.8. The number of alkyl halides is 3. The summed E-state index contributed by atoms with van der Waals surface area (Å²) in [6.45, 7) is 6.55. The average molecular weight is 386 g/mol. The summed E-state index contributed by atoms with van der Waals surface area (Å²) >= 11 is 0. The second-order valence-electron chi connectivity index (χ2n) is 8.16. The lowest BCUT2D eigenvalue weighted by atomic mass is 9.82. The van der Waals surface area contributed by atoms with Gasteiger partial charge in [-0.3, -0.25) is 4.79 Å². The Hall–Kier alpha value is -2.25. The molecule has 0 spiro atoms. The number of carbonyl (C=O) groups excluding carboxylic acids is 1. The van der Waals surface area contributed by atoms with Crippen LogP contribution in [0.2, 0.25) is 0 Å². The fourth-order valence-corrected chi connectivity index (χ4v) is 3.42. The standard InChI is InChI=1S/C19H25F3N2O3/c1-11-6-5-7-12(8-11)15(18(2,3)4)23-17(27)24-9-13(16(25)26)14(10-24)19(20,21)22/h5-8,13-15H,9-10H2,1-4H3,(H,23,27)(H,25,26)/t13-,14-,15?/m1/s1. The maximum Gasteiger partial charge on any atom is 0.394 e. The van der Waals surface area contributed by atoms with Gasteiger partial charge in [0, 0.05) is 13.1 Å². The molecule has 27 heavy (non-hydrogen) atoms. The number of carboxylic acids is 1. The molecule has 8 heteroatoms. The highest BCUT2D eigenvalue weighted by Gasteiger charge is 2.53. The first-order chi connectivity index (χ1) is 12.3. The predicted octanol–water partition coefficient (Wildman–Crippen LogP) is 3.99. The van der Waals surface area contributed by atoms with Crippen LogP contribution in [0.4, 0.5) is 18.0 Å². The van der Waals surface area contributed by atoms with Crippen molar-refractivity contribution in [2.45, 2.75) is 39.9 Å². The zero-order chi connectivity index (χ0) is 20.6. The van der Waals surface area contributed by atoms with Crippen molar-refractivity contribution in [3.63, 3.8) is 0 Å². The smallest absolute Gasteiger partial charge is 0.394 e. The molecule has 0 radical (unpaired) electrons. The number of carbonyl (C=O) groups is 2. The number of hydrogen-bond donors (Lipinski definition) is 2. The number of nitrogens with zero attached hydrogens (tertiary/aromatic N) is 1. The number of nitrogens with one attached hydrogen (secondary N) is 1. The molecule has 0 aromatic heterocycles. The van der Waals surface area contributed by atoms with Crippen molar-refractivity contribution in [2.75, 3.05) is 13.1 Å². The number of halogens is 3. The lowest BCUT2D eigenvalue weighted by molar-refractivity contribution is -0.187. The highest BCUT2D eigenvalue weighted by molar-refractivity contribution is 5.78. The largest absolute Gasteiger partial charge is 0.481 e. The first kappa shape index (κ1) is 21.1. The minimum Gasteiger partial charge on any atom is -0.481 e. The number of hydrogen-bond acceptors (Lipinski definition) is 2. The molecule has 3 atom stereocenters. The Labute approximate surface area is 156 Å². The number of aliphatic carboxylic acids is 1. The van der Waals surface area contributed by atoms with Gasteiger partial charge in [-0.15, -0.1) is 0 Å². The summed E-state index contributed by atoms with van der Waals surface area (Å²) < 4.78 is 39.4. The summed E-state index contributed by atoms with van der Waals surface area (Å²) in [4.78, 5) is 24.8. The Kier molecular flexibility index (Phi) is 5.77. The number of rotatable bonds is 3. The molecule has 1 aromatic carbocycles. The van der Waals surface area contributed by atoms with Gasteiger partial charge in [-0.1, -0.05) is 50.6 Å². The van der Waals surface area contributed by atoms with Gasteiger partial charge in [-0.2, -0.15) is 13.2 Å². The molecule has 1 aliphatic rings. The molecule has 2 N–H and O–H groups in total. The molecule has 0 aliphatic carbocycles. The van der Waals surface area contributed by atoms with Gasteiger partial charge < -0.3 is 15.3 Å². The molecule has 1 unspecified atom stereocenters. The van der Waals surface area contributed by atoms with Gasteiger partial charge in [0.15, 0.2) is 0 Å². The Bertz CT molecular complexity index is 713. The van der Waals surface area contributed by atoms with Crippen LogP contribution in [-0.2, 0) is 4.79 Å². The maximum atomic E-state index is 13.1. The van der Waals surface area contributed by atoms with E-state index in [0.717, 1.165) is 16.0 Å². The molecule has 1 aromatic rings. The van der Waals surface area contributed by atoms with E-state index in [2.05, 4.69) is 5.32 Å². The van der Waals surface area contributed by atoms with E-state index < -0.39 is 54.6 Å². The topological polar surface area (TPSA) is 69.6 Å². The molecule has 2 amide bonds. The van der Waals surface area contributed by atoms with Crippen molar-refractivity contribution < 1.29 is 27.9 Å². The molecule has 5 nitrogen and oxygen atoms in total. The quantitative estimate of drug-likeness (QED) is 0.825. The molecule has 1 heterocycles. The van der Waals surface area contributed by atoms with Crippen molar-refractivity contribution in [3.05, 3.63) is 35.4 Å². The van der Waals surface area contributed by atoms with Crippen LogP contribution < -0.4 is 5.32 Å². The van der Waals surface area contributed by atoms with Crippen LogP contribution in [0.15, 0.2) is 24.3 Å². The molecule has 0 bridgehead atoms. The summed E-state index contributed by atoms with van der Waals surface area (Å²) in [6, 6.07) is 6.42. The van der Waals surface area contributed by atoms with E-state index in [0.29, 0.717) is 0 Å². The third kappa shape index (κ3) is 4.93. The van der Waals surface area contributed by atoms with Crippen LogP contribution in [0.5, 0.6) is 0 Å². The lowest BCUT2D eigenvalue weighted by Gasteiger charge is -2.33. The summed E-state index contributed by atoms with van der Waals surface area (Å²) in [6.07, 6.45) is -4.67. The van der Waals surface area contributed by atoms with Gasteiger partial charge in [0.05, 0.1) is 17.9 Å². The van der Waals surface area contributed by atoms with E-state index in [-0.39, 0.29) is 0 Å². The van der Waals surface area contributed by atoms with Crippen LogP contribution in [-0.4, -0.2) is 41.3 Å². The van der Waals surface area contributed by atoms with Crippen LogP contribution in [0, 0.1) is 24.2 Å². The number of benzene rings is 1. The van der Waals surface area contributed by atoms with Gasteiger partial charge in [-0.25, -0.2) is 4.79 Å². The van der Waals surface area contributed by atoms with Gasteiger partial charge in [0.1, 0.15) is 0 Å². The Morgan fingerprint density at radius 2 is 1.85 bits per heavy atom. The minimum absolute atomic E-state index is 0.390. The zero-order valence-corrected chi connectivity index (χ0v) is 15.8. The first-order valence-corrected chi connectivity index (χ1v) is 8.72. The van der Waals surface area contributed by atoms with E-state index in [1.54, 1.807) is 0 Å². The summed E-state index contributed by atoms with van der Waals surface area (Å²) in [5, 5.41) is 11.9. The Balaban J connectivity index is 2.22. The second kappa shape index (κ2) is 7.40. The van der Waals surface area contributed by atoms with Gasteiger partial charge >= 0.3 is 18.2 Å². The van der Waals surface area contributed by atoms with Crippen molar-refractivity contribution in [1.29, 1.82) is 0 Å². The zero-order valence-electron chi connectivity index (χ0n) is 15.8. The minimum atomic E-state index is -4.67. The molecule has 0 saturated carbocycles. The summed E-state index contributed by atoms with van der Waals surface area (Å²) in [5.74, 6) is -5.26. The van der Waals surface area contributed by atoms with Crippen LogP contribution in [0.3, 0.4) is 0 Å².